The monoisotopic (exact) mass is 317 g/mol. The smallest absolute Gasteiger partial charge is 0.266 e. The van der Waals surface area contributed by atoms with Crippen LogP contribution in [0.5, 0.6) is 0 Å². The van der Waals surface area contributed by atoms with E-state index in [0.29, 0.717) is 11.4 Å². The van der Waals surface area contributed by atoms with Crippen LogP contribution in [0.2, 0.25) is 0 Å². The van der Waals surface area contributed by atoms with Crippen LogP contribution in [0, 0.1) is 0 Å². The number of rotatable bonds is 7. The summed E-state index contributed by atoms with van der Waals surface area (Å²) >= 11 is 1.33. The number of carbonyl (C=O) groups excluding carboxylic acids is 2. The molecule has 0 radical (unpaired) electrons. The quantitative estimate of drug-likeness (QED) is 0.852. The van der Waals surface area contributed by atoms with Crippen molar-refractivity contribution in [3.63, 3.8) is 0 Å². The molecule has 0 saturated heterocycles. The first kappa shape index (κ1) is 16.2. The third-order valence-corrected chi connectivity index (χ3v) is 4.19. The Hall–Kier alpha value is -2.21. The van der Waals surface area contributed by atoms with Crippen molar-refractivity contribution in [3.8, 4) is 10.6 Å². The van der Waals surface area contributed by atoms with Gasteiger partial charge in [0.1, 0.15) is 9.88 Å². The van der Waals surface area contributed by atoms with Crippen LogP contribution < -0.4 is 5.73 Å². The van der Waals surface area contributed by atoms with Gasteiger partial charge in [0, 0.05) is 12.1 Å². The summed E-state index contributed by atoms with van der Waals surface area (Å²) in [5.74, 6) is -0.691. The maximum Gasteiger partial charge on any atom is 0.266 e. The molecule has 2 rings (SSSR count). The fraction of sp³-hybridized carbons (Fsp3) is 0.312. The van der Waals surface area contributed by atoms with Gasteiger partial charge in [0.2, 0.25) is 5.91 Å². The van der Waals surface area contributed by atoms with Crippen LogP contribution in [-0.4, -0.2) is 34.8 Å². The Labute approximate surface area is 133 Å². The Kier molecular flexibility index (Phi) is 5.66. The van der Waals surface area contributed by atoms with Gasteiger partial charge in [0.15, 0.2) is 0 Å². The van der Waals surface area contributed by atoms with E-state index in [1.807, 2.05) is 37.3 Å². The fourth-order valence-corrected chi connectivity index (χ4v) is 2.92. The molecular formula is C16H19N3O2S. The summed E-state index contributed by atoms with van der Waals surface area (Å²) in [5, 5.41) is 0.790. The van der Waals surface area contributed by atoms with Gasteiger partial charge in [-0.1, -0.05) is 43.7 Å². The SMILES string of the molecule is CCCCN(CC(N)=O)C(=O)c1cnc(-c2ccccc2)s1. The molecule has 0 fully saturated rings. The van der Waals surface area contributed by atoms with E-state index >= 15 is 0 Å². The molecule has 0 aliphatic heterocycles. The van der Waals surface area contributed by atoms with Gasteiger partial charge >= 0.3 is 0 Å². The maximum atomic E-state index is 12.5. The Bertz CT molecular complexity index is 640. The van der Waals surface area contributed by atoms with Crippen LogP contribution in [0.4, 0.5) is 0 Å². The van der Waals surface area contributed by atoms with E-state index in [2.05, 4.69) is 4.98 Å². The normalized spacial score (nSPS) is 10.4. The van der Waals surface area contributed by atoms with Crippen molar-refractivity contribution in [2.75, 3.05) is 13.1 Å². The summed E-state index contributed by atoms with van der Waals surface area (Å²) < 4.78 is 0. The lowest BCUT2D eigenvalue weighted by molar-refractivity contribution is -0.118. The number of aromatic nitrogens is 1. The number of thiazole rings is 1. The average molecular weight is 317 g/mol. The van der Waals surface area contributed by atoms with Crippen LogP contribution in [0.1, 0.15) is 29.4 Å². The first-order valence-electron chi connectivity index (χ1n) is 7.20. The molecule has 1 aromatic carbocycles. The Morgan fingerprint density at radius 2 is 2.00 bits per heavy atom. The highest BCUT2D eigenvalue weighted by molar-refractivity contribution is 7.16. The number of hydrogen-bond donors (Lipinski definition) is 1. The van der Waals surface area contributed by atoms with Crippen LogP contribution in [0.15, 0.2) is 36.5 Å². The highest BCUT2D eigenvalue weighted by Crippen LogP contribution is 2.25. The van der Waals surface area contributed by atoms with E-state index < -0.39 is 5.91 Å². The fourth-order valence-electron chi connectivity index (χ4n) is 2.03. The minimum atomic E-state index is -0.503. The van der Waals surface area contributed by atoms with Crippen molar-refractivity contribution < 1.29 is 9.59 Å². The number of hydrogen-bond acceptors (Lipinski definition) is 4. The zero-order chi connectivity index (χ0) is 15.9. The summed E-state index contributed by atoms with van der Waals surface area (Å²) in [6, 6.07) is 9.69. The van der Waals surface area contributed by atoms with Gasteiger partial charge in [0.25, 0.3) is 5.91 Å². The molecule has 0 aliphatic rings. The first-order valence-corrected chi connectivity index (χ1v) is 8.02. The van der Waals surface area contributed by atoms with Crippen LogP contribution >= 0.6 is 11.3 Å². The van der Waals surface area contributed by atoms with Gasteiger partial charge in [-0.2, -0.15) is 0 Å². The molecule has 1 heterocycles. The molecule has 6 heteroatoms. The molecule has 2 amide bonds. The standard InChI is InChI=1S/C16H19N3O2S/c1-2-3-9-19(11-14(17)20)16(21)13-10-18-15(22-13)12-7-5-4-6-8-12/h4-8,10H,2-3,9,11H2,1H3,(H2,17,20). The zero-order valence-electron chi connectivity index (χ0n) is 12.5. The topological polar surface area (TPSA) is 76.3 Å². The predicted molar refractivity (Wildman–Crippen MR) is 87.6 cm³/mol. The third-order valence-electron chi connectivity index (χ3n) is 3.15. The van der Waals surface area contributed by atoms with Crippen molar-refractivity contribution in [1.29, 1.82) is 0 Å². The first-order chi connectivity index (χ1) is 10.6. The molecule has 0 bridgehead atoms. The molecule has 116 valence electrons. The highest BCUT2D eigenvalue weighted by Gasteiger charge is 2.20. The molecule has 0 spiro atoms. The van der Waals surface area contributed by atoms with E-state index in [1.54, 1.807) is 6.20 Å². The van der Waals surface area contributed by atoms with Gasteiger partial charge in [-0.25, -0.2) is 4.98 Å². The molecule has 0 aliphatic carbocycles. The summed E-state index contributed by atoms with van der Waals surface area (Å²) in [4.78, 5) is 30.0. The Morgan fingerprint density at radius 1 is 1.27 bits per heavy atom. The Morgan fingerprint density at radius 3 is 2.64 bits per heavy atom. The lowest BCUT2D eigenvalue weighted by Gasteiger charge is -2.19. The van der Waals surface area contributed by atoms with E-state index in [4.69, 9.17) is 5.73 Å². The number of nitrogens with two attached hydrogens (primary N) is 1. The molecular weight excluding hydrogens is 298 g/mol. The van der Waals surface area contributed by atoms with Crippen LogP contribution in [0.3, 0.4) is 0 Å². The summed E-state index contributed by atoms with van der Waals surface area (Å²) in [5.41, 5.74) is 6.21. The second kappa shape index (κ2) is 7.70. The lowest BCUT2D eigenvalue weighted by atomic mass is 10.2. The second-order valence-electron chi connectivity index (χ2n) is 4.94. The number of benzene rings is 1. The molecule has 22 heavy (non-hydrogen) atoms. The van der Waals surface area contributed by atoms with Crippen molar-refractivity contribution in [2.24, 2.45) is 5.73 Å². The molecule has 1 aromatic heterocycles. The highest BCUT2D eigenvalue weighted by atomic mass is 32.1. The molecule has 0 atom stereocenters. The van der Waals surface area contributed by atoms with Crippen molar-refractivity contribution in [2.45, 2.75) is 19.8 Å². The minimum Gasteiger partial charge on any atom is -0.368 e. The zero-order valence-corrected chi connectivity index (χ0v) is 13.3. The largest absolute Gasteiger partial charge is 0.368 e. The van der Waals surface area contributed by atoms with Crippen molar-refractivity contribution in [1.82, 2.24) is 9.88 Å². The number of unbranched alkanes of at least 4 members (excludes halogenated alkanes) is 1. The van der Waals surface area contributed by atoms with Crippen molar-refractivity contribution >= 4 is 23.2 Å². The van der Waals surface area contributed by atoms with Gasteiger partial charge in [-0.05, 0) is 6.42 Å². The Balaban J connectivity index is 2.16. The number of carbonyl (C=O) groups is 2. The molecule has 0 unspecified atom stereocenters. The number of nitrogens with zero attached hydrogens (tertiary/aromatic N) is 2. The number of amides is 2. The van der Waals surface area contributed by atoms with Gasteiger partial charge in [-0.15, -0.1) is 11.3 Å². The predicted octanol–water partition coefficient (Wildman–Crippen LogP) is 2.54. The minimum absolute atomic E-state index is 0.0581. The van der Waals surface area contributed by atoms with E-state index in [1.165, 1.54) is 16.2 Å². The van der Waals surface area contributed by atoms with Crippen LogP contribution in [0.25, 0.3) is 10.6 Å². The maximum absolute atomic E-state index is 12.5. The number of primary amides is 1. The van der Waals surface area contributed by atoms with Gasteiger partial charge in [-0.3, -0.25) is 9.59 Å². The molecule has 5 nitrogen and oxygen atoms in total. The molecule has 0 saturated carbocycles. The third kappa shape index (κ3) is 4.14. The van der Waals surface area contributed by atoms with E-state index in [-0.39, 0.29) is 12.5 Å². The van der Waals surface area contributed by atoms with E-state index in [9.17, 15) is 9.59 Å². The summed E-state index contributed by atoms with van der Waals surface area (Å²) in [7, 11) is 0. The van der Waals surface area contributed by atoms with Gasteiger partial charge in [0.05, 0.1) is 12.7 Å². The molecule has 2 N–H and O–H groups in total. The summed E-state index contributed by atoms with van der Waals surface area (Å²) in [6.45, 7) is 2.50. The lowest BCUT2D eigenvalue weighted by Crippen LogP contribution is -2.38. The average Bonchev–Trinajstić information content (AvgIpc) is 3.01. The van der Waals surface area contributed by atoms with Crippen LogP contribution in [-0.2, 0) is 4.79 Å². The van der Waals surface area contributed by atoms with Gasteiger partial charge < -0.3 is 10.6 Å². The molecule has 2 aromatic rings. The van der Waals surface area contributed by atoms with Crippen molar-refractivity contribution in [3.05, 3.63) is 41.4 Å². The second-order valence-corrected chi connectivity index (χ2v) is 5.97. The summed E-state index contributed by atoms with van der Waals surface area (Å²) in [6.07, 6.45) is 3.35. The van der Waals surface area contributed by atoms with E-state index in [0.717, 1.165) is 23.4 Å².